The highest BCUT2D eigenvalue weighted by molar-refractivity contribution is 5.99. The molecule has 0 spiro atoms. The third-order valence-electron chi connectivity index (χ3n) is 6.03. The van der Waals surface area contributed by atoms with Gasteiger partial charge in [-0.15, -0.1) is 0 Å². The van der Waals surface area contributed by atoms with E-state index in [1.807, 2.05) is 55.7 Å². The van der Waals surface area contributed by atoms with E-state index in [1.54, 1.807) is 0 Å². The summed E-state index contributed by atoms with van der Waals surface area (Å²) in [5.41, 5.74) is 8.06. The van der Waals surface area contributed by atoms with E-state index >= 15 is 0 Å². The van der Waals surface area contributed by atoms with Crippen molar-refractivity contribution in [2.24, 2.45) is 0 Å². The zero-order chi connectivity index (χ0) is 22.4. The van der Waals surface area contributed by atoms with E-state index in [1.165, 1.54) is 0 Å². The number of aromatic nitrogens is 4. The van der Waals surface area contributed by atoms with Gasteiger partial charge in [-0.05, 0) is 53.5 Å². The molecule has 0 aliphatic carbocycles. The SMILES string of the molecule is C/C(=C1/c2ccc(Cn3cnc4ccccc43)cc2COc2ccccc21)c1noc(=O)[nH]1. The summed E-state index contributed by atoms with van der Waals surface area (Å²) in [5.74, 6) is 0.619. The number of allylic oxidation sites excluding steroid dienone is 1. The zero-order valence-corrected chi connectivity index (χ0v) is 17.9. The first-order valence-electron chi connectivity index (χ1n) is 10.7. The number of aromatic amines is 1. The molecule has 3 aromatic carbocycles. The van der Waals surface area contributed by atoms with E-state index in [9.17, 15) is 4.79 Å². The van der Waals surface area contributed by atoms with Crippen molar-refractivity contribution in [1.29, 1.82) is 0 Å². The quantitative estimate of drug-likeness (QED) is 0.446. The third kappa shape index (κ3) is 3.34. The van der Waals surface area contributed by atoms with E-state index in [-0.39, 0.29) is 0 Å². The second-order valence-corrected chi connectivity index (χ2v) is 8.08. The van der Waals surface area contributed by atoms with Gasteiger partial charge in [-0.1, -0.05) is 47.6 Å². The molecule has 0 radical (unpaired) electrons. The van der Waals surface area contributed by atoms with Gasteiger partial charge in [0.05, 0.1) is 17.4 Å². The minimum absolute atomic E-state index is 0.409. The fraction of sp³-hybridized carbons (Fsp3) is 0.115. The molecule has 33 heavy (non-hydrogen) atoms. The average molecular weight is 436 g/mol. The van der Waals surface area contributed by atoms with Crippen LogP contribution in [0.3, 0.4) is 0 Å². The summed E-state index contributed by atoms with van der Waals surface area (Å²) in [6, 6.07) is 22.4. The number of ether oxygens (including phenoxy) is 1. The summed E-state index contributed by atoms with van der Waals surface area (Å²) >= 11 is 0. The predicted octanol–water partition coefficient (Wildman–Crippen LogP) is 4.63. The van der Waals surface area contributed by atoms with Crippen LogP contribution < -0.4 is 10.5 Å². The molecule has 7 nitrogen and oxygen atoms in total. The Bertz CT molecular complexity index is 1590. The maximum atomic E-state index is 11.6. The van der Waals surface area contributed by atoms with Gasteiger partial charge >= 0.3 is 5.76 Å². The topological polar surface area (TPSA) is 85.9 Å². The Morgan fingerprint density at radius 1 is 1.06 bits per heavy atom. The van der Waals surface area contributed by atoms with Crippen LogP contribution in [0.15, 0.2) is 82.4 Å². The van der Waals surface area contributed by atoms with Gasteiger partial charge in [-0.25, -0.2) is 9.78 Å². The Morgan fingerprint density at radius 2 is 1.91 bits per heavy atom. The Morgan fingerprint density at radius 3 is 2.79 bits per heavy atom. The number of nitrogens with zero attached hydrogens (tertiary/aromatic N) is 3. The first kappa shape index (κ1) is 19.3. The molecule has 1 aliphatic heterocycles. The van der Waals surface area contributed by atoms with Crippen LogP contribution >= 0.6 is 0 Å². The zero-order valence-electron chi connectivity index (χ0n) is 17.9. The van der Waals surface area contributed by atoms with Gasteiger partial charge in [0.25, 0.3) is 0 Å². The van der Waals surface area contributed by atoms with Crippen molar-refractivity contribution in [2.45, 2.75) is 20.1 Å². The normalized spacial score (nSPS) is 14.3. The van der Waals surface area contributed by atoms with Crippen molar-refractivity contribution < 1.29 is 9.26 Å². The largest absolute Gasteiger partial charge is 0.488 e. The summed E-state index contributed by atoms with van der Waals surface area (Å²) in [5, 5.41) is 3.91. The summed E-state index contributed by atoms with van der Waals surface area (Å²) in [4.78, 5) is 18.8. The minimum Gasteiger partial charge on any atom is -0.488 e. The highest BCUT2D eigenvalue weighted by Gasteiger charge is 2.23. The molecule has 1 aliphatic rings. The van der Waals surface area contributed by atoms with Crippen LogP contribution in [0.2, 0.25) is 0 Å². The highest BCUT2D eigenvalue weighted by atomic mass is 16.5. The van der Waals surface area contributed by atoms with Crippen molar-refractivity contribution in [3.63, 3.8) is 0 Å². The average Bonchev–Trinajstić information content (AvgIpc) is 3.41. The molecular formula is C26H20N4O3. The molecule has 0 bridgehead atoms. The third-order valence-corrected chi connectivity index (χ3v) is 6.03. The van der Waals surface area contributed by atoms with Gasteiger partial charge in [0.15, 0.2) is 5.82 Å². The van der Waals surface area contributed by atoms with E-state index in [0.717, 1.165) is 50.2 Å². The molecular weight excluding hydrogens is 416 g/mol. The molecule has 6 rings (SSSR count). The van der Waals surface area contributed by atoms with Gasteiger partial charge in [-0.3, -0.25) is 9.51 Å². The molecule has 1 N–H and O–H groups in total. The van der Waals surface area contributed by atoms with Crippen LogP contribution in [0.1, 0.15) is 35.0 Å². The minimum atomic E-state index is -0.578. The lowest BCUT2D eigenvalue weighted by Gasteiger charge is -2.14. The van der Waals surface area contributed by atoms with Crippen LogP contribution in [0, 0.1) is 0 Å². The van der Waals surface area contributed by atoms with E-state index in [4.69, 9.17) is 9.26 Å². The molecule has 3 heterocycles. The number of nitrogens with one attached hydrogen (secondary N) is 1. The molecule has 162 valence electrons. The predicted molar refractivity (Wildman–Crippen MR) is 125 cm³/mol. The summed E-state index contributed by atoms with van der Waals surface area (Å²) in [6.45, 7) is 3.08. The van der Waals surface area contributed by atoms with Crippen molar-refractivity contribution in [3.8, 4) is 5.75 Å². The van der Waals surface area contributed by atoms with Gasteiger partial charge in [0, 0.05) is 17.7 Å². The number of benzene rings is 3. The van der Waals surface area contributed by atoms with Crippen molar-refractivity contribution in [1.82, 2.24) is 19.7 Å². The van der Waals surface area contributed by atoms with Gasteiger partial charge in [0.2, 0.25) is 0 Å². The lowest BCUT2D eigenvalue weighted by molar-refractivity contribution is 0.307. The Balaban J connectivity index is 1.48. The standard InChI is InChI=1S/C26H20N4O3/c1-16(25-28-26(31)33-29-25)24-19-11-10-17(13-30-15-27-21-7-3-4-8-22(21)30)12-18(19)14-32-23-9-5-2-6-20(23)24/h2-12,15H,13-14H2,1H3,(H,28,29,31)/b24-16+. The fourth-order valence-electron chi connectivity index (χ4n) is 4.46. The molecule has 0 unspecified atom stereocenters. The fourth-order valence-corrected chi connectivity index (χ4v) is 4.46. The first-order valence-corrected chi connectivity index (χ1v) is 10.7. The van der Waals surface area contributed by atoms with E-state index in [0.29, 0.717) is 19.0 Å². The van der Waals surface area contributed by atoms with Crippen molar-refractivity contribution >= 4 is 22.2 Å². The van der Waals surface area contributed by atoms with Crippen LogP contribution in [0.25, 0.3) is 22.2 Å². The maximum absolute atomic E-state index is 11.6. The molecule has 0 amide bonds. The molecule has 0 atom stereocenters. The summed E-state index contributed by atoms with van der Waals surface area (Å²) in [7, 11) is 0. The Kier molecular flexibility index (Phi) is 4.47. The van der Waals surface area contributed by atoms with Gasteiger partial charge in [-0.2, -0.15) is 0 Å². The van der Waals surface area contributed by atoms with Crippen LogP contribution in [0.5, 0.6) is 5.75 Å². The second-order valence-electron chi connectivity index (χ2n) is 8.08. The number of imidazole rings is 1. The molecule has 0 saturated heterocycles. The van der Waals surface area contributed by atoms with Crippen LogP contribution in [0.4, 0.5) is 0 Å². The maximum Gasteiger partial charge on any atom is 0.439 e. The smallest absolute Gasteiger partial charge is 0.439 e. The first-order chi connectivity index (χ1) is 16.2. The second kappa shape index (κ2) is 7.63. The molecule has 5 aromatic rings. The van der Waals surface area contributed by atoms with Crippen molar-refractivity contribution in [3.05, 3.63) is 112 Å². The molecule has 2 aromatic heterocycles. The number of hydrogen-bond donors (Lipinski definition) is 1. The van der Waals surface area contributed by atoms with Crippen LogP contribution in [-0.4, -0.2) is 19.7 Å². The highest BCUT2D eigenvalue weighted by Crippen LogP contribution is 2.40. The lowest BCUT2D eigenvalue weighted by atomic mass is 9.89. The Labute approximate surface area is 189 Å². The molecule has 7 heteroatoms. The number of H-pyrrole nitrogens is 1. The lowest BCUT2D eigenvalue weighted by Crippen LogP contribution is -2.03. The van der Waals surface area contributed by atoms with Crippen molar-refractivity contribution in [2.75, 3.05) is 0 Å². The van der Waals surface area contributed by atoms with Crippen LogP contribution in [-0.2, 0) is 13.2 Å². The summed E-state index contributed by atoms with van der Waals surface area (Å²) < 4.78 is 13.1. The molecule has 0 saturated carbocycles. The molecule has 0 fully saturated rings. The van der Waals surface area contributed by atoms with Gasteiger partial charge < -0.3 is 9.30 Å². The number of rotatable bonds is 3. The Hall–Kier alpha value is -4.39. The monoisotopic (exact) mass is 436 g/mol. The number of hydrogen-bond acceptors (Lipinski definition) is 5. The van der Waals surface area contributed by atoms with Gasteiger partial charge in [0.1, 0.15) is 12.4 Å². The van der Waals surface area contributed by atoms with E-state index < -0.39 is 5.76 Å². The van der Waals surface area contributed by atoms with E-state index in [2.05, 4.69) is 44.0 Å². The summed E-state index contributed by atoms with van der Waals surface area (Å²) in [6.07, 6.45) is 1.87. The number of fused-ring (bicyclic) bond motifs is 3. The number of para-hydroxylation sites is 3.